The summed E-state index contributed by atoms with van der Waals surface area (Å²) < 4.78 is 40.2. The predicted molar refractivity (Wildman–Crippen MR) is 118 cm³/mol. The predicted octanol–water partition coefficient (Wildman–Crippen LogP) is 2.54. The second-order valence-electron chi connectivity index (χ2n) is 6.88. The molecular formula is C21H19ClF2N4O6. The van der Waals surface area contributed by atoms with Crippen molar-refractivity contribution in [2.24, 2.45) is 5.73 Å². The van der Waals surface area contributed by atoms with Crippen molar-refractivity contribution in [3.05, 3.63) is 52.7 Å². The second-order valence-corrected chi connectivity index (χ2v) is 7.26. The average molecular weight is 497 g/mol. The number of ether oxygens (including phenoxy) is 2. The Bertz CT molecular complexity index is 1260. The number of nitrogens with zero attached hydrogens (tertiary/aromatic N) is 1. The Hall–Kier alpha value is -3.74. The average Bonchev–Trinajstić information content (AvgIpc) is 2.82. The van der Waals surface area contributed by atoms with Crippen LogP contribution in [0.4, 0.5) is 19.3 Å². The molecule has 0 radical (unpaired) electrons. The van der Waals surface area contributed by atoms with Crippen molar-refractivity contribution in [3.8, 4) is 17.2 Å². The number of aliphatic hydroxyl groups is 2. The van der Waals surface area contributed by atoms with Crippen LogP contribution in [0.3, 0.4) is 0 Å². The number of aliphatic hydroxyl groups excluding tert-OH is 2. The van der Waals surface area contributed by atoms with Gasteiger partial charge in [-0.1, -0.05) is 11.6 Å². The summed E-state index contributed by atoms with van der Waals surface area (Å²) in [6.45, 7) is -0.896. The molecule has 34 heavy (non-hydrogen) atoms. The summed E-state index contributed by atoms with van der Waals surface area (Å²) in [7, 11) is 1.34. The maximum Gasteiger partial charge on any atom is 0.319 e. The number of hydrogen-bond acceptors (Lipinski definition) is 7. The van der Waals surface area contributed by atoms with Crippen molar-refractivity contribution in [2.75, 3.05) is 25.6 Å². The molecule has 2 aromatic carbocycles. The van der Waals surface area contributed by atoms with Gasteiger partial charge in [0.25, 0.3) is 5.91 Å². The number of carbonyl (C=O) groups excluding carboxylic acids is 2. The highest BCUT2D eigenvalue weighted by Gasteiger charge is 2.22. The molecule has 3 rings (SSSR count). The number of halogens is 3. The number of hydrogen-bond donors (Lipinski definition) is 5. The number of anilines is 1. The van der Waals surface area contributed by atoms with Crippen molar-refractivity contribution >= 4 is 40.1 Å². The van der Waals surface area contributed by atoms with Crippen LogP contribution in [-0.4, -0.2) is 53.5 Å². The summed E-state index contributed by atoms with van der Waals surface area (Å²) in [5, 5.41) is 21.9. The summed E-state index contributed by atoms with van der Waals surface area (Å²) in [4.78, 5) is 27.7. The molecule has 0 aliphatic heterocycles. The molecule has 0 aliphatic rings. The molecule has 180 valence electrons. The molecule has 0 saturated carbocycles. The number of benzene rings is 2. The molecule has 1 heterocycles. The molecule has 13 heteroatoms. The third-order valence-corrected chi connectivity index (χ3v) is 4.94. The Labute approximate surface area is 196 Å². The third-order valence-electron chi connectivity index (χ3n) is 4.57. The summed E-state index contributed by atoms with van der Waals surface area (Å²) in [5.41, 5.74) is 5.27. The zero-order valence-corrected chi connectivity index (χ0v) is 18.3. The molecule has 0 spiro atoms. The van der Waals surface area contributed by atoms with Gasteiger partial charge >= 0.3 is 6.03 Å². The summed E-state index contributed by atoms with van der Waals surface area (Å²) in [6, 6.07) is 3.87. The maximum absolute atomic E-state index is 14.9. The van der Waals surface area contributed by atoms with Crippen LogP contribution < -0.4 is 25.8 Å². The van der Waals surface area contributed by atoms with Crippen LogP contribution >= 0.6 is 11.6 Å². The molecule has 1 atom stereocenters. The van der Waals surface area contributed by atoms with Gasteiger partial charge in [-0.05, 0) is 12.1 Å². The van der Waals surface area contributed by atoms with E-state index in [2.05, 4.69) is 15.6 Å². The van der Waals surface area contributed by atoms with Gasteiger partial charge in [0.05, 0.1) is 36.6 Å². The Morgan fingerprint density at radius 1 is 1.26 bits per heavy atom. The number of nitrogens with two attached hydrogens (primary N) is 1. The van der Waals surface area contributed by atoms with Crippen LogP contribution in [-0.2, 0) is 0 Å². The molecule has 0 aliphatic carbocycles. The molecule has 3 amide bonds. The van der Waals surface area contributed by atoms with Crippen LogP contribution in [0.2, 0.25) is 5.02 Å². The summed E-state index contributed by atoms with van der Waals surface area (Å²) in [6.07, 6.45) is 0.107. The number of nitrogens with one attached hydrogen (secondary N) is 2. The number of rotatable bonds is 8. The zero-order valence-electron chi connectivity index (χ0n) is 17.6. The first kappa shape index (κ1) is 24.9. The zero-order chi connectivity index (χ0) is 25.0. The van der Waals surface area contributed by atoms with Gasteiger partial charge in [0.2, 0.25) is 0 Å². The van der Waals surface area contributed by atoms with E-state index in [-0.39, 0.29) is 29.0 Å². The molecule has 0 unspecified atom stereocenters. The number of aromatic nitrogens is 1. The van der Waals surface area contributed by atoms with Gasteiger partial charge in [-0.15, -0.1) is 0 Å². The second kappa shape index (κ2) is 10.5. The van der Waals surface area contributed by atoms with Crippen LogP contribution in [0.25, 0.3) is 10.9 Å². The van der Waals surface area contributed by atoms with Crippen LogP contribution in [0, 0.1) is 11.6 Å². The molecule has 0 fully saturated rings. The number of methoxy groups -OCH3 is 1. The minimum atomic E-state index is -1.30. The molecule has 0 saturated heterocycles. The molecule has 0 bridgehead atoms. The van der Waals surface area contributed by atoms with Gasteiger partial charge in [0.1, 0.15) is 16.5 Å². The number of urea groups is 1. The lowest BCUT2D eigenvalue weighted by atomic mass is 10.1. The number of amides is 3. The fourth-order valence-electron chi connectivity index (χ4n) is 2.91. The fraction of sp³-hybridized carbons (Fsp3) is 0.190. The quantitative estimate of drug-likeness (QED) is 0.300. The molecule has 10 nitrogen and oxygen atoms in total. The van der Waals surface area contributed by atoms with E-state index in [4.69, 9.17) is 31.9 Å². The first-order valence-electron chi connectivity index (χ1n) is 9.61. The van der Waals surface area contributed by atoms with E-state index in [1.165, 1.54) is 31.5 Å². The topological polar surface area (TPSA) is 156 Å². The lowest BCUT2D eigenvalue weighted by Gasteiger charge is -2.15. The van der Waals surface area contributed by atoms with Crippen molar-refractivity contribution in [1.82, 2.24) is 10.3 Å². The normalized spacial score (nSPS) is 11.7. The Balaban J connectivity index is 1.94. The maximum atomic E-state index is 14.9. The lowest BCUT2D eigenvalue weighted by Crippen LogP contribution is -2.36. The minimum absolute atomic E-state index is 0.00343. The molecule has 1 aromatic heterocycles. The fourth-order valence-corrected chi connectivity index (χ4v) is 3.10. The van der Waals surface area contributed by atoms with E-state index < -0.39 is 52.7 Å². The monoisotopic (exact) mass is 496 g/mol. The van der Waals surface area contributed by atoms with E-state index in [0.717, 1.165) is 6.07 Å². The highest BCUT2D eigenvalue weighted by Crippen LogP contribution is 2.39. The standard InChI is InChI=1S/C21H19ClF2N4O6/c1-33-16-6-13-10(4-11(16)20(25)31)15(2-3-26-13)34-19-12(23)5-14(17(22)18(19)24)28-21(32)27-7-9(30)8-29/h2-6,9,29-30H,7-8H2,1H3,(H2,25,31)(H2,27,28,32)/t9-/m1/s1. The van der Waals surface area contributed by atoms with Gasteiger partial charge in [-0.3, -0.25) is 9.78 Å². The highest BCUT2D eigenvalue weighted by molar-refractivity contribution is 6.34. The largest absolute Gasteiger partial charge is 0.496 e. The van der Waals surface area contributed by atoms with Crippen molar-refractivity contribution < 1.29 is 38.1 Å². The number of primary amides is 1. The van der Waals surface area contributed by atoms with Gasteiger partial charge in [-0.2, -0.15) is 0 Å². The lowest BCUT2D eigenvalue weighted by molar-refractivity contribution is 0.0965. The smallest absolute Gasteiger partial charge is 0.319 e. The number of fused-ring (bicyclic) bond motifs is 1. The van der Waals surface area contributed by atoms with E-state index in [0.29, 0.717) is 5.52 Å². The Kier molecular flexibility index (Phi) is 7.66. The summed E-state index contributed by atoms with van der Waals surface area (Å²) >= 11 is 5.95. The van der Waals surface area contributed by atoms with Crippen molar-refractivity contribution in [2.45, 2.75) is 6.10 Å². The number of carbonyl (C=O) groups is 2. The third kappa shape index (κ3) is 5.25. The SMILES string of the molecule is COc1cc2nccc(Oc3c(F)cc(NC(=O)NC[C@@H](O)CO)c(Cl)c3F)c2cc1C(N)=O. The van der Waals surface area contributed by atoms with E-state index >= 15 is 0 Å². The van der Waals surface area contributed by atoms with Crippen LogP contribution in [0.5, 0.6) is 17.2 Å². The minimum Gasteiger partial charge on any atom is -0.496 e. The van der Waals surface area contributed by atoms with Crippen LogP contribution in [0.1, 0.15) is 10.4 Å². The Morgan fingerprint density at radius 2 is 2.00 bits per heavy atom. The van der Waals surface area contributed by atoms with E-state index in [1.54, 1.807) is 0 Å². The van der Waals surface area contributed by atoms with Crippen molar-refractivity contribution in [3.63, 3.8) is 0 Å². The first-order valence-corrected chi connectivity index (χ1v) is 9.99. The van der Waals surface area contributed by atoms with Gasteiger partial charge in [-0.25, -0.2) is 13.6 Å². The van der Waals surface area contributed by atoms with Crippen molar-refractivity contribution in [1.29, 1.82) is 0 Å². The van der Waals surface area contributed by atoms with Gasteiger partial charge in [0, 0.05) is 30.3 Å². The molecule has 6 N–H and O–H groups in total. The van der Waals surface area contributed by atoms with E-state index in [1.807, 2.05) is 0 Å². The molecule has 3 aromatic rings. The Morgan fingerprint density at radius 3 is 2.65 bits per heavy atom. The van der Waals surface area contributed by atoms with Gasteiger partial charge in [0.15, 0.2) is 17.4 Å². The van der Waals surface area contributed by atoms with E-state index in [9.17, 15) is 23.5 Å². The van der Waals surface area contributed by atoms with Crippen LogP contribution in [0.15, 0.2) is 30.5 Å². The summed E-state index contributed by atoms with van der Waals surface area (Å²) in [5.74, 6) is -4.06. The molecular weight excluding hydrogens is 478 g/mol. The highest BCUT2D eigenvalue weighted by atomic mass is 35.5. The van der Waals surface area contributed by atoms with Gasteiger partial charge < -0.3 is 36.1 Å². The first-order chi connectivity index (χ1) is 16.2. The number of pyridine rings is 1.